The highest BCUT2D eigenvalue weighted by atomic mass is 35.5. The predicted molar refractivity (Wildman–Crippen MR) is 117 cm³/mol. The van der Waals surface area contributed by atoms with Crippen LogP contribution in [0.3, 0.4) is 0 Å². The summed E-state index contributed by atoms with van der Waals surface area (Å²) in [5.74, 6) is 0.508. The molecule has 164 valence electrons. The van der Waals surface area contributed by atoms with Gasteiger partial charge in [-0.2, -0.15) is 0 Å². The second kappa shape index (κ2) is 8.87. The van der Waals surface area contributed by atoms with Crippen LogP contribution in [0.5, 0.6) is 5.75 Å². The van der Waals surface area contributed by atoms with Crippen LogP contribution in [0.25, 0.3) is 11.1 Å². The molecule has 2 aromatic rings. The second-order valence-corrected chi connectivity index (χ2v) is 8.82. The Kier molecular flexibility index (Phi) is 6.19. The van der Waals surface area contributed by atoms with E-state index in [0.717, 1.165) is 13.1 Å². The third-order valence-corrected chi connectivity index (χ3v) is 6.75. The topological polar surface area (TPSA) is 60.9 Å². The highest BCUT2D eigenvalue weighted by Crippen LogP contribution is 2.36. The smallest absolute Gasteiger partial charge is 0.222 e. The van der Waals surface area contributed by atoms with Crippen LogP contribution in [0.1, 0.15) is 25.3 Å². The Hall–Kier alpha value is -2.60. The summed E-state index contributed by atoms with van der Waals surface area (Å²) in [4.78, 5) is 28.5. The Morgan fingerprint density at radius 2 is 1.65 bits per heavy atom. The monoisotopic (exact) mass is 444 g/mol. The summed E-state index contributed by atoms with van der Waals surface area (Å²) in [6.07, 6.45) is 1.11. The van der Waals surface area contributed by atoms with Crippen LogP contribution in [0.4, 0.5) is 4.39 Å². The zero-order valence-electron chi connectivity index (χ0n) is 17.5. The first-order valence-corrected chi connectivity index (χ1v) is 11.1. The van der Waals surface area contributed by atoms with Gasteiger partial charge in [0.1, 0.15) is 11.6 Å². The van der Waals surface area contributed by atoms with Gasteiger partial charge in [-0.1, -0.05) is 36.7 Å². The van der Waals surface area contributed by atoms with E-state index in [4.69, 9.17) is 11.6 Å². The molecule has 5 nitrogen and oxygen atoms in total. The number of carbonyl (C=O) groups excluding carboxylic acids is 2. The van der Waals surface area contributed by atoms with E-state index in [1.54, 1.807) is 24.3 Å². The van der Waals surface area contributed by atoms with E-state index in [2.05, 4.69) is 0 Å². The highest BCUT2D eigenvalue weighted by molar-refractivity contribution is 6.33. The Morgan fingerprint density at radius 1 is 1.03 bits per heavy atom. The van der Waals surface area contributed by atoms with Crippen molar-refractivity contribution in [1.82, 2.24) is 9.80 Å². The third-order valence-electron chi connectivity index (χ3n) is 6.43. The number of amides is 2. The molecule has 2 aliphatic heterocycles. The first-order chi connectivity index (χ1) is 14.9. The van der Waals surface area contributed by atoms with Gasteiger partial charge in [0.15, 0.2) is 0 Å². The minimum absolute atomic E-state index is 0.00454. The molecule has 0 aromatic heterocycles. The fourth-order valence-electron chi connectivity index (χ4n) is 4.72. The van der Waals surface area contributed by atoms with Crippen LogP contribution in [-0.2, 0) is 16.0 Å². The molecule has 0 aliphatic carbocycles. The number of halogens is 2. The lowest BCUT2D eigenvalue weighted by Gasteiger charge is -2.21. The van der Waals surface area contributed by atoms with Gasteiger partial charge in [0.2, 0.25) is 11.8 Å². The molecule has 2 heterocycles. The van der Waals surface area contributed by atoms with Crippen LogP contribution in [0.15, 0.2) is 36.4 Å². The average molecular weight is 445 g/mol. The van der Waals surface area contributed by atoms with Gasteiger partial charge in [-0.25, -0.2) is 4.39 Å². The number of aryl methyl sites for hydroxylation is 1. The van der Waals surface area contributed by atoms with E-state index in [1.807, 2.05) is 16.7 Å². The minimum Gasteiger partial charge on any atom is -0.508 e. The van der Waals surface area contributed by atoms with Crippen molar-refractivity contribution in [2.45, 2.75) is 26.2 Å². The van der Waals surface area contributed by atoms with Crippen LogP contribution in [0.2, 0.25) is 5.02 Å². The highest BCUT2D eigenvalue weighted by Gasteiger charge is 2.42. The predicted octanol–water partition coefficient (Wildman–Crippen LogP) is 4.11. The number of nitrogens with zero attached hydrogens (tertiary/aromatic N) is 2. The van der Waals surface area contributed by atoms with Gasteiger partial charge in [0.05, 0.1) is 5.02 Å². The fourth-order valence-corrected chi connectivity index (χ4v) is 4.98. The summed E-state index contributed by atoms with van der Waals surface area (Å²) in [6, 6.07) is 9.40. The van der Waals surface area contributed by atoms with Gasteiger partial charge in [0, 0.05) is 62.0 Å². The molecule has 7 heteroatoms. The molecule has 2 aliphatic rings. The second-order valence-electron chi connectivity index (χ2n) is 8.41. The summed E-state index contributed by atoms with van der Waals surface area (Å²) < 4.78 is 14.2. The van der Waals surface area contributed by atoms with E-state index in [0.29, 0.717) is 54.5 Å². The molecule has 2 aromatic carbocycles. The number of phenolic OH excluding ortho intramolecular Hbond substituents is 1. The Bertz CT molecular complexity index is 998. The molecule has 0 saturated carbocycles. The van der Waals surface area contributed by atoms with Gasteiger partial charge < -0.3 is 14.9 Å². The average Bonchev–Trinajstić information content (AvgIpc) is 3.32. The van der Waals surface area contributed by atoms with Crippen molar-refractivity contribution in [2.24, 2.45) is 11.8 Å². The molecule has 2 atom stereocenters. The van der Waals surface area contributed by atoms with E-state index in [-0.39, 0.29) is 29.0 Å². The number of hydrogen-bond acceptors (Lipinski definition) is 3. The van der Waals surface area contributed by atoms with Crippen molar-refractivity contribution in [3.05, 3.63) is 52.8 Å². The van der Waals surface area contributed by atoms with E-state index < -0.39 is 5.82 Å². The van der Waals surface area contributed by atoms with Gasteiger partial charge in [-0.3, -0.25) is 9.59 Å². The normalized spacial score (nSPS) is 20.2. The number of aromatic hydroxyl groups is 1. The molecule has 2 saturated heterocycles. The molecule has 2 unspecified atom stereocenters. The SMILES string of the molecule is CCC(=O)N1CC2CN(C(=O)CCc3cc(-c4ccccc4F)c(Cl)cc3O)CC2C1. The number of likely N-dealkylation sites (tertiary alicyclic amines) is 2. The zero-order chi connectivity index (χ0) is 22.1. The molecule has 2 amide bonds. The minimum atomic E-state index is -0.392. The molecule has 0 spiro atoms. The molecule has 4 rings (SSSR count). The number of fused-ring (bicyclic) bond motifs is 1. The molecular formula is C24H26ClFN2O3. The zero-order valence-corrected chi connectivity index (χ0v) is 18.2. The lowest BCUT2D eigenvalue weighted by atomic mass is 9.99. The van der Waals surface area contributed by atoms with Crippen LogP contribution in [-0.4, -0.2) is 52.9 Å². The van der Waals surface area contributed by atoms with Gasteiger partial charge in [-0.15, -0.1) is 0 Å². The van der Waals surface area contributed by atoms with Crippen LogP contribution < -0.4 is 0 Å². The van der Waals surface area contributed by atoms with Gasteiger partial charge >= 0.3 is 0 Å². The standard InChI is InChI=1S/C24H26ClFN2O3/c1-2-23(30)27-11-16-13-28(14-17(16)12-27)24(31)8-7-15-9-19(20(25)10-22(15)29)18-5-3-4-6-21(18)26/h3-6,9-10,16-17,29H,2,7-8,11-14H2,1H3. The van der Waals surface area contributed by atoms with Crippen molar-refractivity contribution in [2.75, 3.05) is 26.2 Å². The summed E-state index contributed by atoms with van der Waals surface area (Å²) in [7, 11) is 0. The van der Waals surface area contributed by atoms with E-state index >= 15 is 0 Å². The number of phenols is 1. The maximum absolute atomic E-state index is 14.2. The quantitative estimate of drug-likeness (QED) is 0.754. The molecule has 31 heavy (non-hydrogen) atoms. The molecular weight excluding hydrogens is 419 g/mol. The summed E-state index contributed by atoms with van der Waals surface area (Å²) >= 11 is 6.24. The molecule has 2 fully saturated rings. The number of benzene rings is 2. The first kappa shape index (κ1) is 21.6. The molecule has 0 radical (unpaired) electrons. The largest absolute Gasteiger partial charge is 0.508 e. The molecule has 1 N–H and O–H groups in total. The fraction of sp³-hybridized carbons (Fsp3) is 0.417. The number of rotatable bonds is 5. The Morgan fingerprint density at radius 3 is 2.26 bits per heavy atom. The maximum atomic E-state index is 14.2. The van der Waals surface area contributed by atoms with Crippen molar-refractivity contribution in [3.8, 4) is 16.9 Å². The van der Waals surface area contributed by atoms with E-state index in [1.165, 1.54) is 12.1 Å². The first-order valence-electron chi connectivity index (χ1n) is 10.7. The van der Waals surface area contributed by atoms with Crippen molar-refractivity contribution in [3.63, 3.8) is 0 Å². The van der Waals surface area contributed by atoms with E-state index in [9.17, 15) is 19.1 Å². The molecule has 0 bridgehead atoms. The van der Waals surface area contributed by atoms with Crippen molar-refractivity contribution in [1.29, 1.82) is 0 Å². The summed E-state index contributed by atoms with van der Waals surface area (Å²) in [5, 5.41) is 10.6. The lowest BCUT2D eigenvalue weighted by Crippen LogP contribution is -2.35. The number of carbonyl (C=O) groups is 2. The van der Waals surface area contributed by atoms with Crippen molar-refractivity contribution >= 4 is 23.4 Å². The van der Waals surface area contributed by atoms with Crippen LogP contribution >= 0.6 is 11.6 Å². The van der Waals surface area contributed by atoms with Crippen molar-refractivity contribution < 1.29 is 19.1 Å². The van der Waals surface area contributed by atoms with Crippen LogP contribution in [0, 0.1) is 17.7 Å². The third kappa shape index (κ3) is 4.40. The Balaban J connectivity index is 1.40. The summed E-state index contributed by atoms with van der Waals surface area (Å²) in [5.41, 5.74) is 1.42. The number of hydrogen-bond donors (Lipinski definition) is 1. The van der Waals surface area contributed by atoms with Gasteiger partial charge in [0.25, 0.3) is 0 Å². The maximum Gasteiger partial charge on any atom is 0.222 e. The van der Waals surface area contributed by atoms with Gasteiger partial charge in [-0.05, 0) is 30.2 Å². The summed E-state index contributed by atoms with van der Waals surface area (Å²) in [6.45, 7) is 4.67. The Labute approximate surface area is 186 Å². The lowest BCUT2D eigenvalue weighted by molar-refractivity contribution is -0.131.